The van der Waals surface area contributed by atoms with Crippen LogP contribution in [-0.4, -0.2) is 25.0 Å². The number of Topliss-reactive ketones (excluding diaryl/α,β-unsaturated/α-hetero) is 1. The largest absolute Gasteiger partial charge is 0.304 e. The van der Waals surface area contributed by atoms with E-state index < -0.39 is 0 Å². The van der Waals surface area contributed by atoms with Crippen molar-refractivity contribution < 1.29 is 4.79 Å². The number of hydrogen-bond donors (Lipinski definition) is 2. The van der Waals surface area contributed by atoms with E-state index in [-0.39, 0.29) is 6.04 Å². The van der Waals surface area contributed by atoms with E-state index >= 15 is 0 Å². The van der Waals surface area contributed by atoms with Crippen molar-refractivity contribution in [1.29, 1.82) is 0 Å². The van der Waals surface area contributed by atoms with Gasteiger partial charge in [0.1, 0.15) is 0 Å². The molecule has 0 aromatic carbocycles. The molecule has 1 heterocycles. The van der Waals surface area contributed by atoms with E-state index in [1.807, 2.05) is 0 Å². The van der Waals surface area contributed by atoms with Crippen LogP contribution in [0.1, 0.15) is 20.3 Å². The lowest BCUT2D eigenvalue weighted by molar-refractivity contribution is -0.121. The minimum absolute atomic E-state index is 0.0602. The number of hydrogen-bond acceptors (Lipinski definition) is 3. The Hall–Kier alpha value is -0.410. The molecule has 0 bridgehead atoms. The van der Waals surface area contributed by atoms with Crippen molar-refractivity contribution in [3.8, 4) is 0 Å². The van der Waals surface area contributed by atoms with Gasteiger partial charge in [-0.1, -0.05) is 13.8 Å². The van der Waals surface area contributed by atoms with Crippen LogP contribution in [-0.2, 0) is 4.79 Å². The van der Waals surface area contributed by atoms with Gasteiger partial charge in [-0.25, -0.2) is 0 Å². The van der Waals surface area contributed by atoms with Gasteiger partial charge in [-0.05, 0) is 5.92 Å². The fourth-order valence-electron chi connectivity index (χ4n) is 1.36. The summed E-state index contributed by atoms with van der Waals surface area (Å²) in [6, 6.07) is 0.0602. The molecular weight excluding hydrogens is 140 g/mol. The molecule has 1 aliphatic heterocycles. The molecule has 0 spiro atoms. The lowest BCUT2D eigenvalue weighted by atomic mass is 9.99. The second kappa shape index (κ2) is 3.83. The van der Waals surface area contributed by atoms with Gasteiger partial charge < -0.3 is 5.32 Å². The van der Waals surface area contributed by atoms with E-state index in [0.29, 0.717) is 18.1 Å². The lowest BCUT2D eigenvalue weighted by Gasteiger charge is -2.17. The van der Waals surface area contributed by atoms with E-state index in [9.17, 15) is 4.79 Å². The summed E-state index contributed by atoms with van der Waals surface area (Å²) in [6.07, 6.45) is 0.663. The Balaban J connectivity index is 2.52. The maximum Gasteiger partial charge on any atom is 0.151 e. The molecule has 0 aromatic heterocycles. The van der Waals surface area contributed by atoms with Gasteiger partial charge in [0.25, 0.3) is 0 Å². The summed E-state index contributed by atoms with van der Waals surface area (Å²) < 4.78 is 0. The molecule has 2 N–H and O–H groups in total. The average molecular weight is 156 g/mol. The van der Waals surface area contributed by atoms with Crippen molar-refractivity contribution in [2.45, 2.75) is 26.3 Å². The van der Waals surface area contributed by atoms with E-state index in [2.05, 4.69) is 24.5 Å². The maximum absolute atomic E-state index is 11.4. The molecular formula is C8H16N2O. The Morgan fingerprint density at radius 1 is 1.55 bits per heavy atom. The van der Waals surface area contributed by atoms with Gasteiger partial charge in [0.15, 0.2) is 5.78 Å². The zero-order chi connectivity index (χ0) is 8.27. The van der Waals surface area contributed by atoms with Crippen LogP contribution in [0.3, 0.4) is 0 Å². The summed E-state index contributed by atoms with van der Waals surface area (Å²) in [5.41, 5.74) is 0. The Morgan fingerprint density at radius 2 is 2.27 bits per heavy atom. The first-order valence-electron chi connectivity index (χ1n) is 4.18. The van der Waals surface area contributed by atoms with Crippen LogP contribution < -0.4 is 10.6 Å². The van der Waals surface area contributed by atoms with E-state index in [0.717, 1.165) is 13.2 Å². The zero-order valence-electron chi connectivity index (χ0n) is 7.18. The smallest absolute Gasteiger partial charge is 0.151 e. The van der Waals surface area contributed by atoms with Crippen LogP contribution in [0.25, 0.3) is 0 Å². The summed E-state index contributed by atoms with van der Waals surface area (Å²) in [5, 5.41) is 6.30. The highest BCUT2D eigenvalue weighted by Gasteiger charge is 2.22. The van der Waals surface area contributed by atoms with Crippen molar-refractivity contribution in [2.24, 2.45) is 5.92 Å². The molecule has 0 radical (unpaired) electrons. The molecule has 64 valence electrons. The minimum atomic E-state index is 0.0602. The van der Waals surface area contributed by atoms with E-state index in [4.69, 9.17) is 0 Å². The third-order valence-electron chi connectivity index (χ3n) is 2.01. The van der Waals surface area contributed by atoms with Crippen molar-refractivity contribution in [3.63, 3.8) is 0 Å². The average Bonchev–Trinajstić information content (AvgIpc) is 2.13. The Kier molecular flexibility index (Phi) is 3.02. The van der Waals surface area contributed by atoms with Crippen LogP contribution >= 0.6 is 0 Å². The number of rotatable bonds is 1. The SMILES string of the molecule is CC(C)C1NCNCCC1=O. The topological polar surface area (TPSA) is 41.1 Å². The van der Waals surface area contributed by atoms with Crippen LogP contribution in [0.15, 0.2) is 0 Å². The predicted molar refractivity (Wildman–Crippen MR) is 44.3 cm³/mol. The molecule has 11 heavy (non-hydrogen) atoms. The lowest BCUT2D eigenvalue weighted by Crippen LogP contribution is -2.41. The normalized spacial score (nSPS) is 27.2. The maximum atomic E-state index is 11.4. The van der Waals surface area contributed by atoms with Gasteiger partial charge in [0.2, 0.25) is 0 Å². The van der Waals surface area contributed by atoms with Gasteiger partial charge in [-0.2, -0.15) is 0 Å². The first-order chi connectivity index (χ1) is 5.22. The fraction of sp³-hybridized carbons (Fsp3) is 0.875. The van der Waals surface area contributed by atoms with Gasteiger partial charge in [0.05, 0.1) is 6.04 Å². The fourth-order valence-corrected chi connectivity index (χ4v) is 1.36. The van der Waals surface area contributed by atoms with Crippen molar-refractivity contribution in [3.05, 3.63) is 0 Å². The molecule has 1 rings (SSSR count). The molecule has 0 aliphatic carbocycles. The number of ketones is 1. The summed E-state index contributed by atoms with van der Waals surface area (Å²) >= 11 is 0. The highest BCUT2D eigenvalue weighted by atomic mass is 16.1. The minimum Gasteiger partial charge on any atom is -0.304 e. The molecule has 1 saturated heterocycles. The molecule has 1 unspecified atom stereocenters. The van der Waals surface area contributed by atoms with Crippen LogP contribution in [0.5, 0.6) is 0 Å². The molecule has 1 aliphatic rings. The van der Waals surface area contributed by atoms with Gasteiger partial charge >= 0.3 is 0 Å². The number of carbonyl (C=O) groups excluding carboxylic acids is 1. The number of nitrogens with one attached hydrogen (secondary N) is 2. The van der Waals surface area contributed by atoms with Gasteiger partial charge in [-0.3, -0.25) is 10.1 Å². The predicted octanol–water partition coefficient (Wildman–Crippen LogP) is 0.120. The van der Waals surface area contributed by atoms with Crippen LogP contribution in [0.2, 0.25) is 0 Å². The molecule has 0 amide bonds. The molecule has 1 fully saturated rings. The van der Waals surface area contributed by atoms with Crippen molar-refractivity contribution >= 4 is 5.78 Å². The second-order valence-electron chi connectivity index (χ2n) is 3.32. The first-order valence-corrected chi connectivity index (χ1v) is 4.18. The van der Waals surface area contributed by atoms with Crippen molar-refractivity contribution in [1.82, 2.24) is 10.6 Å². The van der Waals surface area contributed by atoms with Crippen molar-refractivity contribution in [2.75, 3.05) is 13.2 Å². The molecule has 0 saturated carbocycles. The molecule has 1 atom stereocenters. The van der Waals surface area contributed by atoms with E-state index in [1.165, 1.54) is 0 Å². The highest BCUT2D eigenvalue weighted by Crippen LogP contribution is 2.05. The monoisotopic (exact) mass is 156 g/mol. The Bertz CT molecular complexity index is 145. The summed E-state index contributed by atoms with van der Waals surface area (Å²) in [6.45, 7) is 5.71. The third-order valence-corrected chi connectivity index (χ3v) is 2.01. The summed E-state index contributed by atoms with van der Waals surface area (Å²) in [5.74, 6) is 0.743. The molecule has 0 aromatic rings. The third kappa shape index (κ3) is 2.27. The summed E-state index contributed by atoms with van der Waals surface area (Å²) in [4.78, 5) is 11.4. The standard InChI is InChI=1S/C8H16N2O/c1-6(2)8-7(11)3-4-9-5-10-8/h6,8-10H,3-5H2,1-2H3. The van der Waals surface area contributed by atoms with E-state index in [1.54, 1.807) is 0 Å². The Labute approximate surface area is 67.5 Å². The quantitative estimate of drug-likeness (QED) is 0.566. The Morgan fingerprint density at radius 3 is 2.91 bits per heavy atom. The zero-order valence-corrected chi connectivity index (χ0v) is 7.18. The first kappa shape index (κ1) is 8.68. The molecule has 3 nitrogen and oxygen atoms in total. The van der Waals surface area contributed by atoms with Gasteiger partial charge in [0, 0.05) is 19.6 Å². The van der Waals surface area contributed by atoms with Gasteiger partial charge in [-0.15, -0.1) is 0 Å². The highest BCUT2D eigenvalue weighted by molar-refractivity contribution is 5.84. The number of carbonyl (C=O) groups is 1. The summed E-state index contributed by atoms with van der Waals surface area (Å²) in [7, 11) is 0. The second-order valence-corrected chi connectivity index (χ2v) is 3.32. The van der Waals surface area contributed by atoms with Crippen LogP contribution in [0, 0.1) is 5.92 Å². The van der Waals surface area contributed by atoms with Crippen LogP contribution in [0.4, 0.5) is 0 Å². The molecule has 3 heteroatoms.